The maximum atomic E-state index is 5.51. The van der Waals surface area contributed by atoms with Crippen LogP contribution in [0.5, 0.6) is 5.75 Å². The third kappa shape index (κ3) is 4.47. The van der Waals surface area contributed by atoms with Gasteiger partial charge in [-0.3, -0.25) is 4.90 Å². The standard InChI is InChI=1S/C16H23Br2NO/c1-20-16-8-7-14(18)11-13(16)12-19(10-9-17)15-5-3-2-4-6-15/h7-8,11,15H,2-6,9-10,12H2,1H3. The molecule has 2 rings (SSSR count). The zero-order valence-electron chi connectivity index (χ0n) is 12.1. The van der Waals surface area contributed by atoms with Gasteiger partial charge in [-0.25, -0.2) is 0 Å². The number of alkyl halides is 1. The van der Waals surface area contributed by atoms with Gasteiger partial charge in [0, 0.05) is 34.5 Å². The van der Waals surface area contributed by atoms with Gasteiger partial charge in [-0.1, -0.05) is 51.1 Å². The zero-order chi connectivity index (χ0) is 14.4. The zero-order valence-corrected chi connectivity index (χ0v) is 15.2. The first-order chi connectivity index (χ1) is 9.74. The maximum absolute atomic E-state index is 5.51. The molecule has 0 heterocycles. The Labute approximate surface area is 139 Å². The average molecular weight is 405 g/mol. The lowest BCUT2D eigenvalue weighted by Crippen LogP contribution is -2.37. The van der Waals surface area contributed by atoms with Gasteiger partial charge in [0.25, 0.3) is 0 Å². The quantitative estimate of drug-likeness (QED) is 0.619. The molecule has 0 aliphatic heterocycles. The van der Waals surface area contributed by atoms with Crippen molar-refractivity contribution in [3.63, 3.8) is 0 Å². The van der Waals surface area contributed by atoms with Crippen LogP contribution in [0.25, 0.3) is 0 Å². The first-order valence-corrected chi connectivity index (χ1v) is 9.28. The van der Waals surface area contributed by atoms with Crippen LogP contribution in [-0.4, -0.2) is 29.9 Å². The third-order valence-corrected chi connectivity index (χ3v) is 4.93. The third-order valence-electron chi connectivity index (χ3n) is 4.08. The van der Waals surface area contributed by atoms with Gasteiger partial charge in [0.1, 0.15) is 5.75 Å². The smallest absolute Gasteiger partial charge is 0.123 e. The molecule has 0 N–H and O–H groups in total. The lowest BCUT2D eigenvalue weighted by Gasteiger charge is -2.34. The van der Waals surface area contributed by atoms with Gasteiger partial charge in [-0.15, -0.1) is 0 Å². The van der Waals surface area contributed by atoms with Crippen LogP contribution < -0.4 is 4.74 Å². The average Bonchev–Trinajstić information content (AvgIpc) is 2.48. The summed E-state index contributed by atoms with van der Waals surface area (Å²) < 4.78 is 6.63. The van der Waals surface area contributed by atoms with E-state index in [0.717, 1.165) is 34.7 Å². The Balaban J connectivity index is 2.12. The highest BCUT2D eigenvalue weighted by Crippen LogP contribution is 2.28. The number of hydrogen-bond donors (Lipinski definition) is 0. The van der Waals surface area contributed by atoms with Gasteiger partial charge in [0.2, 0.25) is 0 Å². The Morgan fingerprint density at radius 2 is 2.00 bits per heavy atom. The number of methoxy groups -OCH3 is 1. The minimum absolute atomic E-state index is 0.727. The van der Waals surface area contributed by atoms with E-state index in [2.05, 4.69) is 42.8 Å². The molecule has 0 aromatic heterocycles. The number of benzene rings is 1. The van der Waals surface area contributed by atoms with Gasteiger partial charge in [0.05, 0.1) is 7.11 Å². The van der Waals surface area contributed by atoms with E-state index in [0.29, 0.717) is 0 Å². The van der Waals surface area contributed by atoms with Crippen LogP contribution in [-0.2, 0) is 6.54 Å². The van der Waals surface area contributed by atoms with Crippen LogP contribution >= 0.6 is 31.9 Å². The fraction of sp³-hybridized carbons (Fsp3) is 0.625. The van der Waals surface area contributed by atoms with E-state index in [1.54, 1.807) is 7.11 Å². The van der Waals surface area contributed by atoms with E-state index in [4.69, 9.17) is 4.74 Å². The molecule has 112 valence electrons. The molecule has 0 bridgehead atoms. The van der Waals surface area contributed by atoms with E-state index in [-0.39, 0.29) is 0 Å². The van der Waals surface area contributed by atoms with E-state index in [1.165, 1.54) is 37.7 Å². The van der Waals surface area contributed by atoms with Crippen molar-refractivity contribution in [2.75, 3.05) is 19.0 Å². The van der Waals surface area contributed by atoms with Crippen LogP contribution in [0.3, 0.4) is 0 Å². The van der Waals surface area contributed by atoms with E-state index < -0.39 is 0 Å². The molecule has 1 aromatic rings. The van der Waals surface area contributed by atoms with Gasteiger partial charge in [0.15, 0.2) is 0 Å². The van der Waals surface area contributed by atoms with Crippen LogP contribution in [0, 0.1) is 0 Å². The van der Waals surface area contributed by atoms with Crippen molar-refractivity contribution in [1.29, 1.82) is 0 Å². The SMILES string of the molecule is COc1ccc(Br)cc1CN(CCBr)C1CCCCC1. The molecule has 0 amide bonds. The molecule has 0 radical (unpaired) electrons. The highest BCUT2D eigenvalue weighted by molar-refractivity contribution is 9.10. The van der Waals surface area contributed by atoms with Crippen molar-refractivity contribution in [3.8, 4) is 5.75 Å². The molecule has 4 heteroatoms. The molecule has 0 unspecified atom stereocenters. The highest BCUT2D eigenvalue weighted by Gasteiger charge is 2.21. The number of hydrogen-bond acceptors (Lipinski definition) is 2. The summed E-state index contributed by atoms with van der Waals surface area (Å²) in [6.45, 7) is 2.07. The highest BCUT2D eigenvalue weighted by atomic mass is 79.9. The Morgan fingerprint density at radius 3 is 2.65 bits per heavy atom. The normalized spacial score (nSPS) is 16.6. The summed E-state index contributed by atoms with van der Waals surface area (Å²) in [5, 5.41) is 1.03. The van der Waals surface area contributed by atoms with Crippen molar-refractivity contribution in [2.45, 2.75) is 44.7 Å². The van der Waals surface area contributed by atoms with E-state index in [1.807, 2.05) is 12.1 Å². The van der Waals surface area contributed by atoms with Gasteiger partial charge >= 0.3 is 0 Å². The minimum atomic E-state index is 0.727. The number of rotatable bonds is 6. The van der Waals surface area contributed by atoms with Gasteiger partial charge in [-0.2, -0.15) is 0 Å². The molecule has 0 spiro atoms. The largest absolute Gasteiger partial charge is 0.496 e. The number of ether oxygens (including phenoxy) is 1. The molecule has 20 heavy (non-hydrogen) atoms. The first kappa shape index (κ1) is 16.3. The van der Waals surface area contributed by atoms with Crippen LogP contribution in [0.4, 0.5) is 0 Å². The summed E-state index contributed by atoms with van der Waals surface area (Å²) in [5.74, 6) is 0.989. The fourth-order valence-electron chi connectivity index (χ4n) is 3.03. The molecule has 1 aromatic carbocycles. The summed E-state index contributed by atoms with van der Waals surface area (Å²) in [6, 6.07) is 7.00. The Morgan fingerprint density at radius 1 is 1.25 bits per heavy atom. The number of nitrogens with zero attached hydrogens (tertiary/aromatic N) is 1. The van der Waals surface area contributed by atoms with Crippen molar-refractivity contribution >= 4 is 31.9 Å². The van der Waals surface area contributed by atoms with Gasteiger partial charge < -0.3 is 4.74 Å². The molecule has 0 atom stereocenters. The predicted octanol–water partition coefficient (Wildman–Crippen LogP) is 4.99. The summed E-state index contributed by atoms with van der Waals surface area (Å²) in [4.78, 5) is 2.61. The van der Waals surface area contributed by atoms with E-state index in [9.17, 15) is 0 Å². The number of halogens is 2. The van der Waals surface area contributed by atoms with Crippen molar-refractivity contribution < 1.29 is 4.74 Å². The second kappa shape index (κ2) is 8.40. The Hall–Kier alpha value is -0.0600. The Bertz CT molecular complexity index is 419. The molecule has 1 aliphatic rings. The monoisotopic (exact) mass is 403 g/mol. The summed E-state index contributed by atoms with van der Waals surface area (Å²) in [5.41, 5.74) is 1.27. The molecule has 1 aliphatic carbocycles. The second-order valence-corrected chi connectivity index (χ2v) is 7.12. The van der Waals surface area contributed by atoms with Crippen molar-refractivity contribution in [1.82, 2.24) is 4.90 Å². The van der Waals surface area contributed by atoms with Crippen LogP contribution in [0.2, 0.25) is 0 Å². The topological polar surface area (TPSA) is 12.5 Å². The second-order valence-electron chi connectivity index (χ2n) is 5.41. The van der Waals surface area contributed by atoms with Crippen LogP contribution in [0.15, 0.2) is 22.7 Å². The Kier molecular flexibility index (Phi) is 6.85. The molecular formula is C16H23Br2NO. The predicted molar refractivity (Wildman–Crippen MR) is 91.8 cm³/mol. The summed E-state index contributed by atoms with van der Waals surface area (Å²) in [7, 11) is 1.75. The molecule has 1 fully saturated rings. The lowest BCUT2D eigenvalue weighted by atomic mass is 9.94. The fourth-order valence-corrected chi connectivity index (χ4v) is 3.90. The molecule has 2 nitrogen and oxygen atoms in total. The van der Waals surface area contributed by atoms with Gasteiger partial charge in [-0.05, 0) is 31.0 Å². The lowest BCUT2D eigenvalue weighted by molar-refractivity contribution is 0.156. The molecule has 1 saturated carbocycles. The summed E-state index contributed by atoms with van der Waals surface area (Å²) >= 11 is 7.16. The van der Waals surface area contributed by atoms with E-state index >= 15 is 0 Å². The first-order valence-electron chi connectivity index (χ1n) is 7.37. The molecule has 0 saturated heterocycles. The molecular weight excluding hydrogens is 382 g/mol. The van der Waals surface area contributed by atoms with Crippen LogP contribution in [0.1, 0.15) is 37.7 Å². The minimum Gasteiger partial charge on any atom is -0.496 e. The van der Waals surface area contributed by atoms with Crippen molar-refractivity contribution in [3.05, 3.63) is 28.2 Å². The summed E-state index contributed by atoms with van der Waals surface area (Å²) in [6.07, 6.45) is 6.82. The maximum Gasteiger partial charge on any atom is 0.123 e. The van der Waals surface area contributed by atoms with Crippen molar-refractivity contribution in [2.24, 2.45) is 0 Å².